The van der Waals surface area contributed by atoms with Gasteiger partial charge in [-0.1, -0.05) is 35.9 Å². The average molecular weight is 416 g/mol. The molecule has 1 heterocycles. The van der Waals surface area contributed by atoms with Crippen LogP contribution >= 0.6 is 23.4 Å². The normalized spacial score (nSPS) is 12.0. The van der Waals surface area contributed by atoms with Gasteiger partial charge < -0.3 is 10.2 Å². The van der Waals surface area contributed by atoms with Crippen molar-refractivity contribution >= 4 is 35.1 Å². The van der Waals surface area contributed by atoms with Crippen molar-refractivity contribution in [2.24, 2.45) is 7.05 Å². The zero-order valence-electron chi connectivity index (χ0n) is 16.2. The fourth-order valence-electron chi connectivity index (χ4n) is 2.96. The van der Waals surface area contributed by atoms with Crippen molar-refractivity contribution in [1.82, 2.24) is 9.78 Å². The van der Waals surface area contributed by atoms with Crippen LogP contribution in [0.1, 0.15) is 5.56 Å². The number of quaternary nitrogens is 1. The summed E-state index contributed by atoms with van der Waals surface area (Å²) in [6.07, 6.45) is 2.06. The molecule has 0 aliphatic rings. The monoisotopic (exact) mass is 415 g/mol. The molecule has 1 amide bonds. The maximum absolute atomic E-state index is 12.5. The van der Waals surface area contributed by atoms with Crippen molar-refractivity contribution < 1.29 is 9.69 Å². The zero-order valence-corrected chi connectivity index (χ0v) is 17.8. The van der Waals surface area contributed by atoms with Crippen molar-refractivity contribution in [2.75, 3.05) is 25.2 Å². The van der Waals surface area contributed by atoms with Gasteiger partial charge in [-0.2, -0.15) is 5.10 Å². The molecule has 5 nitrogen and oxygen atoms in total. The van der Waals surface area contributed by atoms with E-state index in [-0.39, 0.29) is 5.91 Å². The summed E-state index contributed by atoms with van der Waals surface area (Å²) >= 11 is 7.66. The summed E-state index contributed by atoms with van der Waals surface area (Å²) in [7, 11) is 3.84. The number of thioether (sulfide) groups is 1. The second-order valence-electron chi connectivity index (χ2n) is 6.75. The van der Waals surface area contributed by atoms with Gasteiger partial charge in [0, 0.05) is 34.2 Å². The number of carbonyl (C=O) groups is 1. The van der Waals surface area contributed by atoms with Gasteiger partial charge in [0.05, 0.1) is 12.7 Å². The van der Waals surface area contributed by atoms with Crippen molar-refractivity contribution in [1.29, 1.82) is 0 Å². The van der Waals surface area contributed by atoms with Crippen LogP contribution in [0, 0.1) is 0 Å². The average Bonchev–Trinajstić information content (AvgIpc) is 3.03. The van der Waals surface area contributed by atoms with Crippen LogP contribution in [0.2, 0.25) is 5.02 Å². The van der Waals surface area contributed by atoms with Crippen LogP contribution in [0.25, 0.3) is 11.3 Å². The molecule has 146 valence electrons. The van der Waals surface area contributed by atoms with E-state index in [0.717, 1.165) is 22.7 Å². The third kappa shape index (κ3) is 5.38. The van der Waals surface area contributed by atoms with Gasteiger partial charge in [0.25, 0.3) is 5.91 Å². The van der Waals surface area contributed by atoms with Gasteiger partial charge in [-0.05, 0) is 30.5 Å². The number of benzene rings is 2. The Morgan fingerprint density at radius 2 is 1.86 bits per heavy atom. The van der Waals surface area contributed by atoms with Crippen molar-refractivity contribution in [2.45, 2.75) is 11.4 Å². The highest BCUT2D eigenvalue weighted by Gasteiger charge is 2.14. The number of halogens is 1. The lowest BCUT2D eigenvalue weighted by Gasteiger charge is -2.14. The zero-order chi connectivity index (χ0) is 20.1. The molecule has 0 aliphatic carbocycles. The molecule has 0 saturated carbocycles. The van der Waals surface area contributed by atoms with E-state index in [9.17, 15) is 4.79 Å². The number of likely N-dealkylation sites (N-methyl/N-ethyl adjacent to an activating group) is 1. The van der Waals surface area contributed by atoms with Crippen LogP contribution in [-0.4, -0.2) is 35.5 Å². The fourth-order valence-corrected chi connectivity index (χ4v) is 3.50. The molecule has 7 heteroatoms. The van der Waals surface area contributed by atoms with Gasteiger partial charge in [-0.25, -0.2) is 0 Å². The summed E-state index contributed by atoms with van der Waals surface area (Å²) in [5.41, 5.74) is 2.97. The number of aryl methyl sites for hydroxylation is 1. The lowest BCUT2D eigenvalue weighted by molar-refractivity contribution is -0.885. The van der Waals surface area contributed by atoms with Crippen molar-refractivity contribution in [3.05, 3.63) is 65.2 Å². The van der Waals surface area contributed by atoms with E-state index >= 15 is 0 Å². The predicted molar refractivity (Wildman–Crippen MR) is 116 cm³/mol. The van der Waals surface area contributed by atoms with Crippen LogP contribution in [0.15, 0.2) is 59.5 Å². The largest absolute Gasteiger partial charge is 0.326 e. The SMILES string of the molecule is CSc1ccc(C[NH+](C)CC(=O)Nc2cc(-c3ccc(Cl)cc3)nn2C)cc1. The van der Waals surface area contributed by atoms with E-state index in [1.807, 2.05) is 44.4 Å². The summed E-state index contributed by atoms with van der Waals surface area (Å²) in [4.78, 5) is 14.8. The smallest absolute Gasteiger partial charge is 0.280 e. The lowest BCUT2D eigenvalue weighted by atomic mass is 10.1. The molecule has 0 radical (unpaired) electrons. The Labute approximate surface area is 174 Å². The van der Waals surface area contributed by atoms with E-state index in [2.05, 4.69) is 40.9 Å². The molecule has 3 rings (SSSR count). The third-order valence-corrected chi connectivity index (χ3v) is 5.41. The second kappa shape index (κ2) is 9.28. The van der Waals surface area contributed by atoms with Gasteiger partial charge in [0.1, 0.15) is 12.4 Å². The molecule has 0 aliphatic heterocycles. The quantitative estimate of drug-likeness (QED) is 0.583. The van der Waals surface area contributed by atoms with Crippen LogP contribution in [0.5, 0.6) is 0 Å². The summed E-state index contributed by atoms with van der Waals surface area (Å²) in [6.45, 7) is 1.18. The van der Waals surface area contributed by atoms with E-state index in [4.69, 9.17) is 11.6 Å². The number of rotatable bonds is 7. The number of hydrogen-bond donors (Lipinski definition) is 2. The Balaban J connectivity index is 1.58. The van der Waals surface area contributed by atoms with Crippen molar-refractivity contribution in [3.8, 4) is 11.3 Å². The maximum Gasteiger partial charge on any atom is 0.280 e. The Kier molecular flexibility index (Phi) is 6.78. The molecule has 0 fully saturated rings. The Morgan fingerprint density at radius 3 is 2.50 bits per heavy atom. The molecule has 28 heavy (non-hydrogen) atoms. The Bertz CT molecular complexity index is 938. The number of carbonyl (C=O) groups excluding carboxylic acids is 1. The van der Waals surface area contributed by atoms with Gasteiger partial charge in [-0.3, -0.25) is 9.48 Å². The molecular formula is C21H24ClN4OS+. The number of nitrogens with zero attached hydrogens (tertiary/aromatic N) is 2. The highest BCUT2D eigenvalue weighted by atomic mass is 35.5. The molecule has 1 aromatic heterocycles. The molecule has 3 aromatic rings. The van der Waals surface area contributed by atoms with Crippen LogP contribution in [0.3, 0.4) is 0 Å². The molecule has 1 atom stereocenters. The summed E-state index contributed by atoms with van der Waals surface area (Å²) in [5, 5.41) is 8.12. The highest BCUT2D eigenvalue weighted by molar-refractivity contribution is 7.98. The minimum atomic E-state index is -0.0381. The molecule has 0 saturated heterocycles. The Hall–Kier alpha value is -2.28. The summed E-state index contributed by atoms with van der Waals surface area (Å²) < 4.78 is 1.68. The van der Waals surface area contributed by atoms with E-state index in [1.165, 1.54) is 10.5 Å². The van der Waals surface area contributed by atoms with E-state index in [0.29, 0.717) is 17.4 Å². The van der Waals surface area contributed by atoms with Gasteiger partial charge in [0.2, 0.25) is 0 Å². The first-order valence-corrected chi connectivity index (χ1v) is 10.6. The molecule has 1 unspecified atom stereocenters. The first-order valence-electron chi connectivity index (χ1n) is 8.98. The van der Waals surface area contributed by atoms with Crippen LogP contribution < -0.4 is 10.2 Å². The molecule has 2 aromatic carbocycles. The first kappa shape index (κ1) is 20.5. The highest BCUT2D eigenvalue weighted by Crippen LogP contribution is 2.23. The second-order valence-corrected chi connectivity index (χ2v) is 8.07. The van der Waals surface area contributed by atoms with Gasteiger partial charge >= 0.3 is 0 Å². The number of aromatic nitrogens is 2. The number of nitrogens with one attached hydrogen (secondary N) is 2. The molecular weight excluding hydrogens is 392 g/mol. The fraction of sp³-hybridized carbons (Fsp3) is 0.238. The summed E-state index contributed by atoms with van der Waals surface area (Å²) in [6, 6.07) is 17.8. The predicted octanol–water partition coefficient (Wildman–Crippen LogP) is 3.12. The maximum atomic E-state index is 12.5. The minimum Gasteiger partial charge on any atom is -0.326 e. The lowest BCUT2D eigenvalue weighted by Crippen LogP contribution is -3.08. The number of hydrogen-bond acceptors (Lipinski definition) is 3. The van der Waals surface area contributed by atoms with Crippen LogP contribution in [-0.2, 0) is 18.4 Å². The van der Waals surface area contributed by atoms with Gasteiger partial charge in [0.15, 0.2) is 6.54 Å². The number of amides is 1. The van der Waals surface area contributed by atoms with Gasteiger partial charge in [-0.15, -0.1) is 11.8 Å². The molecule has 2 N–H and O–H groups in total. The first-order chi connectivity index (χ1) is 13.4. The molecule has 0 bridgehead atoms. The van der Waals surface area contributed by atoms with Crippen molar-refractivity contribution in [3.63, 3.8) is 0 Å². The minimum absolute atomic E-state index is 0.0381. The van der Waals surface area contributed by atoms with E-state index < -0.39 is 0 Å². The number of anilines is 1. The van der Waals surface area contributed by atoms with Crippen LogP contribution in [0.4, 0.5) is 5.82 Å². The van der Waals surface area contributed by atoms with E-state index in [1.54, 1.807) is 16.4 Å². The summed E-state index contributed by atoms with van der Waals surface area (Å²) in [5.74, 6) is 0.635. The Morgan fingerprint density at radius 1 is 1.18 bits per heavy atom. The molecule has 0 spiro atoms. The standard InChI is InChI=1S/C21H23ClN4OS/c1-25(13-15-4-10-18(28-3)11-5-15)14-21(27)23-20-12-19(24-26(20)2)16-6-8-17(22)9-7-16/h4-12H,13-14H2,1-3H3,(H,23,27)/p+1. The topological polar surface area (TPSA) is 51.4 Å². The third-order valence-electron chi connectivity index (χ3n) is 4.41.